The molecule has 33 heavy (non-hydrogen) atoms. The number of aromatic nitrogens is 2. The molecule has 8 heteroatoms. The van der Waals surface area contributed by atoms with E-state index >= 15 is 0 Å². The van der Waals surface area contributed by atoms with Gasteiger partial charge in [0.25, 0.3) is 0 Å². The van der Waals surface area contributed by atoms with Crippen molar-refractivity contribution >= 4 is 22.6 Å². The van der Waals surface area contributed by atoms with Gasteiger partial charge in [-0.15, -0.1) is 0 Å². The van der Waals surface area contributed by atoms with Crippen molar-refractivity contribution in [2.45, 2.75) is 5.92 Å². The van der Waals surface area contributed by atoms with Gasteiger partial charge in [0.1, 0.15) is 0 Å². The lowest BCUT2D eigenvalue weighted by molar-refractivity contribution is 0.252. The van der Waals surface area contributed by atoms with E-state index in [9.17, 15) is 4.79 Å². The summed E-state index contributed by atoms with van der Waals surface area (Å²) in [6.07, 6.45) is 5.55. The van der Waals surface area contributed by atoms with E-state index in [0.29, 0.717) is 29.5 Å². The summed E-state index contributed by atoms with van der Waals surface area (Å²) in [5.74, 6) is 1.29. The monoisotopic (exact) mass is 446 g/mol. The van der Waals surface area contributed by atoms with Gasteiger partial charge in [-0.05, 0) is 23.3 Å². The van der Waals surface area contributed by atoms with Gasteiger partial charge in [-0.1, -0.05) is 24.3 Å². The highest BCUT2D eigenvalue weighted by molar-refractivity contribution is 5.90. The predicted molar refractivity (Wildman–Crippen MR) is 127 cm³/mol. The Morgan fingerprint density at radius 2 is 1.79 bits per heavy atom. The molecule has 0 aliphatic heterocycles. The van der Waals surface area contributed by atoms with Crippen molar-refractivity contribution in [2.24, 2.45) is 0 Å². The van der Waals surface area contributed by atoms with Gasteiger partial charge >= 0.3 is 6.03 Å². The van der Waals surface area contributed by atoms with Crippen LogP contribution in [0.15, 0.2) is 67.1 Å². The lowest BCUT2D eigenvalue weighted by atomic mass is 9.92. The molecule has 1 unspecified atom stereocenters. The summed E-state index contributed by atoms with van der Waals surface area (Å²) in [6, 6.07) is 15.0. The number of anilines is 1. The zero-order chi connectivity index (χ0) is 23.2. The fourth-order valence-corrected chi connectivity index (χ4v) is 3.90. The Balaban J connectivity index is 1.55. The number of amides is 2. The standard InChI is InChI=1S/C25H26N4O4/c1-31-22-11-17(12-23(32-2)24(22)33-3)29-25(30)28-14-19(16-7-6-10-26-13-16)20-15-27-21-9-5-4-8-18(20)21/h4-13,15,19,27H,14H2,1-3H3,(H2,28,29,30). The molecule has 0 saturated carbocycles. The lowest BCUT2D eigenvalue weighted by Crippen LogP contribution is -2.32. The number of pyridine rings is 1. The Labute approximate surface area is 191 Å². The number of nitrogens with zero attached hydrogens (tertiary/aromatic N) is 1. The van der Waals surface area contributed by atoms with Crippen molar-refractivity contribution in [3.05, 3.63) is 78.2 Å². The summed E-state index contributed by atoms with van der Waals surface area (Å²) in [5, 5.41) is 6.93. The number of carbonyl (C=O) groups excluding carboxylic acids is 1. The molecule has 170 valence electrons. The number of rotatable bonds is 8. The topological polar surface area (TPSA) is 97.5 Å². The van der Waals surface area contributed by atoms with Crippen molar-refractivity contribution in [2.75, 3.05) is 33.2 Å². The Kier molecular flexibility index (Phi) is 6.64. The second kappa shape index (κ2) is 9.95. The van der Waals surface area contributed by atoms with Crippen molar-refractivity contribution in [1.82, 2.24) is 15.3 Å². The number of nitrogens with one attached hydrogen (secondary N) is 3. The molecule has 0 aliphatic carbocycles. The van der Waals surface area contributed by atoms with Crippen molar-refractivity contribution < 1.29 is 19.0 Å². The Morgan fingerprint density at radius 3 is 2.45 bits per heavy atom. The van der Waals surface area contributed by atoms with Crippen LogP contribution >= 0.6 is 0 Å². The van der Waals surface area contributed by atoms with E-state index in [1.807, 2.05) is 42.7 Å². The number of fused-ring (bicyclic) bond motifs is 1. The van der Waals surface area contributed by atoms with Crippen LogP contribution in [0.2, 0.25) is 0 Å². The predicted octanol–water partition coefficient (Wildman–Crippen LogP) is 4.54. The van der Waals surface area contributed by atoms with Crippen LogP contribution in [0.25, 0.3) is 10.9 Å². The second-order valence-electron chi connectivity index (χ2n) is 7.38. The minimum atomic E-state index is -0.349. The molecule has 2 amide bonds. The number of para-hydroxylation sites is 1. The van der Waals surface area contributed by atoms with Crippen LogP contribution in [0.1, 0.15) is 17.0 Å². The van der Waals surface area contributed by atoms with Crippen LogP contribution in [0.3, 0.4) is 0 Å². The number of hydrogen-bond acceptors (Lipinski definition) is 5. The van der Waals surface area contributed by atoms with Gasteiger partial charge in [0.2, 0.25) is 5.75 Å². The van der Waals surface area contributed by atoms with Crippen LogP contribution < -0.4 is 24.8 Å². The number of methoxy groups -OCH3 is 3. The smallest absolute Gasteiger partial charge is 0.319 e. The van der Waals surface area contributed by atoms with Gasteiger partial charge in [-0.25, -0.2) is 4.79 Å². The van der Waals surface area contributed by atoms with Crippen LogP contribution in [0.4, 0.5) is 10.5 Å². The van der Waals surface area contributed by atoms with Gasteiger partial charge in [0.05, 0.1) is 27.0 Å². The zero-order valence-corrected chi connectivity index (χ0v) is 18.7. The van der Waals surface area contributed by atoms with E-state index in [0.717, 1.165) is 22.0 Å². The highest BCUT2D eigenvalue weighted by Gasteiger charge is 2.20. The highest BCUT2D eigenvalue weighted by atomic mass is 16.5. The third-order valence-electron chi connectivity index (χ3n) is 5.47. The molecule has 2 aromatic carbocycles. The van der Waals surface area contributed by atoms with Gasteiger partial charge in [-0.3, -0.25) is 4.98 Å². The quantitative estimate of drug-likeness (QED) is 0.369. The molecule has 4 aromatic rings. The van der Waals surface area contributed by atoms with E-state index < -0.39 is 0 Å². The minimum Gasteiger partial charge on any atom is -0.493 e. The normalized spacial score (nSPS) is 11.6. The average Bonchev–Trinajstić information content (AvgIpc) is 3.28. The van der Waals surface area contributed by atoms with E-state index in [2.05, 4.69) is 26.7 Å². The van der Waals surface area contributed by atoms with E-state index in [-0.39, 0.29) is 11.9 Å². The maximum atomic E-state index is 12.8. The van der Waals surface area contributed by atoms with Crippen LogP contribution in [0, 0.1) is 0 Å². The van der Waals surface area contributed by atoms with E-state index in [1.54, 1.807) is 18.3 Å². The van der Waals surface area contributed by atoms with Gasteiger partial charge in [0.15, 0.2) is 11.5 Å². The van der Waals surface area contributed by atoms with E-state index in [4.69, 9.17) is 14.2 Å². The molecule has 3 N–H and O–H groups in total. The summed E-state index contributed by atoms with van der Waals surface area (Å²) in [7, 11) is 4.59. The van der Waals surface area contributed by atoms with E-state index in [1.165, 1.54) is 21.3 Å². The van der Waals surface area contributed by atoms with Crippen LogP contribution in [-0.4, -0.2) is 43.9 Å². The number of benzene rings is 2. The fourth-order valence-electron chi connectivity index (χ4n) is 3.90. The lowest BCUT2D eigenvalue weighted by Gasteiger charge is -2.19. The third kappa shape index (κ3) is 4.69. The maximum Gasteiger partial charge on any atom is 0.319 e. The van der Waals surface area contributed by atoms with Crippen molar-refractivity contribution in [3.8, 4) is 17.2 Å². The Morgan fingerprint density at radius 1 is 1.03 bits per heavy atom. The largest absolute Gasteiger partial charge is 0.493 e. The molecular weight excluding hydrogens is 420 g/mol. The molecule has 8 nitrogen and oxygen atoms in total. The molecule has 4 rings (SSSR count). The van der Waals surface area contributed by atoms with Crippen LogP contribution in [0.5, 0.6) is 17.2 Å². The fraction of sp³-hybridized carbons (Fsp3) is 0.200. The maximum absolute atomic E-state index is 12.8. The summed E-state index contributed by atoms with van der Waals surface area (Å²) >= 11 is 0. The molecule has 0 spiro atoms. The van der Waals surface area contributed by atoms with Gasteiger partial charge in [0, 0.05) is 54.1 Å². The molecule has 0 bridgehead atoms. The number of H-pyrrole nitrogens is 1. The zero-order valence-electron chi connectivity index (χ0n) is 18.7. The minimum absolute atomic E-state index is 0.0828. The average molecular weight is 447 g/mol. The second-order valence-corrected chi connectivity index (χ2v) is 7.38. The van der Waals surface area contributed by atoms with Crippen LogP contribution in [-0.2, 0) is 0 Å². The SMILES string of the molecule is COc1cc(NC(=O)NCC(c2cccnc2)c2c[nH]c3ccccc23)cc(OC)c1OC. The molecule has 1 atom stereocenters. The third-order valence-corrected chi connectivity index (χ3v) is 5.47. The number of aromatic amines is 1. The first-order valence-corrected chi connectivity index (χ1v) is 10.5. The Bertz CT molecular complexity index is 1210. The summed E-state index contributed by atoms with van der Waals surface area (Å²) < 4.78 is 16.1. The first-order chi connectivity index (χ1) is 16.1. The summed E-state index contributed by atoms with van der Waals surface area (Å²) in [6.45, 7) is 0.379. The first-order valence-electron chi connectivity index (χ1n) is 10.5. The molecular formula is C25H26N4O4. The summed E-state index contributed by atoms with van der Waals surface area (Å²) in [5.41, 5.74) is 3.66. The molecule has 2 heterocycles. The Hall–Kier alpha value is -4.20. The molecule has 0 aliphatic rings. The van der Waals surface area contributed by atoms with Crippen molar-refractivity contribution in [3.63, 3.8) is 0 Å². The molecule has 0 fully saturated rings. The van der Waals surface area contributed by atoms with Crippen molar-refractivity contribution in [1.29, 1.82) is 0 Å². The van der Waals surface area contributed by atoms with Gasteiger partial charge in [-0.2, -0.15) is 0 Å². The van der Waals surface area contributed by atoms with Gasteiger partial charge < -0.3 is 29.8 Å². The highest BCUT2D eigenvalue weighted by Crippen LogP contribution is 2.40. The number of urea groups is 1. The number of carbonyl (C=O) groups is 1. The molecule has 2 aromatic heterocycles. The first kappa shape index (κ1) is 22.0. The number of ether oxygens (including phenoxy) is 3. The molecule has 0 radical (unpaired) electrons. The molecule has 0 saturated heterocycles. The number of hydrogen-bond donors (Lipinski definition) is 3. The summed E-state index contributed by atoms with van der Waals surface area (Å²) in [4.78, 5) is 20.4.